The minimum Gasteiger partial charge on any atom is -0.462 e. The molecular weight excluding hydrogens is 859 g/mol. The van der Waals surface area contributed by atoms with Gasteiger partial charge < -0.3 is 34.1 Å². The Kier molecular flexibility index (Phi) is 23.7. The van der Waals surface area contributed by atoms with E-state index in [1.807, 2.05) is 6.08 Å². The lowest BCUT2D eigenvalue weighted by Crippen LogP contribution is -2.64. The molecule has 0 amide bonds. The van der Waals surface area contributed by atoms with Crippen LogP contribution in [0.25, 0.3) is 0 Å². The van der Waals surface area contributed by atoms with Crippen LogP contribution in [0, 0.1) is 28.6 Å². The Morgan fingerprint density at radius 1 is 0.809 bits per heavy atom. The Morgan fingerprint density at radius 2 is 1.43 bits per heavy atom. The van der Waals surface area contributed by atoms with Crippen LogP contribution < -0.4 is 0 Å². The number of unbranched alkanes of at least 4 members (excludes halogenated alkanes) is 13. The van der Waals surface area contributed by atoms with Crippen molar-refractivity contribution in [2.24, 2.45) is 28.6 Å². The second-order valence-corrected chi connectivity index (χ2v) is 21.7. The minimum atomic E-state index is -1.30. The van der Waals surface area contributed by atoms with E-state index in [1.54, 1.807) is 12.2 Å². The van der Waals surface area contributed by atoms with Crippen molar-refractivity contribution in [2.75, 3.05) is 32.8 Å². The molecule has 4 aliphatic carbocycles. The quantitative estimate of drug-likeness (QED) is 0.0462. The van der Waals surface area contributed by atoms with Gasteiger partial charge in [-0.3, -0.25) is 19.2 Å². The molecule has 9 atom stereocenters. The molecule has 0 aromatic rings. The maximum absolute atomic E-state index is 14.7. The summed E-state index contributed by atoms with van der Waals surface area (Å²) in [7, 11) is 0. The van der Waals surface area contributed by atoms with Gasteiger partial charge in [-0.05, 0) is 146 Å². The molecule has 11 nitrogen and oxygen atoms in total. The van der Waals surface area contributed by atoms with E-state index in [1.165, 1.54) is 38.5 Å². The Bertz CT molecular complexity index is 1620. The average Bonchev–Trinajstić information content (AvgIpc) is 3.82. The highest BCUT2D eigenvalue weighted by atomic mass is 16.7. The van der Waals surface area contributed by atoms with Crippen molar-refractivity contribution >= 4 is 23.5 Å². The lowest BCUT2D eigenvalue weighted by molar-refractivity contribution is -0.207. The summed E-state index contributed by atoms with van der Waals surface area (Å²) in [6.07, 6.45) is 30.4. The first-order valence-corrected chi connectivity index (χ1v) is 28.1. The van der Waals surface area contributed by atoms with Gasteiger partial charge in [-0.1, -0.05) is 117 Å². The number of hydrogen-bond donors (Lipinski definition) is 2. The van der Waals surface area contributed by atoms with Crippen molar-refractivity contribution in [3.63, 3.8) is 0 Å². The van der Waals surface area contributed by atoms with Crippen molar-refractivity contribution in [1.29, 1.82) is 0 Å². The third kappa shape index (κ3) is 14.4. The highest BCUT2D eigenvalue weighted by Crippen LogP contribution is 2.71. The highest BCUT2D eigenvalue weighted by Gasteiger charge is 2.77. The predicted molar refractivity (Wildman–Crippen MR) is 268 cm³/mol. The van der Waals surface area contributed by atoms with Crippen molar-refractivity contribution < 1.29 is 48.3 Å². The Balaban J connectivity index is 1.03. The number of ether oxygens (including phenoxy) is 4. The number of Topliss-reactive ketones (excluding diaryl/α,β-unsaturated/α-hetero) is 1. The van der Waals surface area contributed by atoms with Crippen LogP contribution in [0.3, 0.4) is 0 Å². The number of ketones is 2. The fourth-order valence-electron chi connectivity index (χ4n) is 13.5. The van der Waals surface area contributed by atoms with E-state index in [-0.39, 0.29) is 67.0 Å². The number of fused-ring (bicyclic) bond motifs is 7. The summed E-state index contributed by atoms with van der Waals surface area (Å²) < 4.78 is 25.2. The van der Waals surface area contributed by atoms with Crippen LogP contribution in [0.15, 0.2) is 23.8 Å². The predicted octanol–water partition coefficient (Wildman–Crippen LogP) is 11.5. The van der Waals surface area contributed by atoms with Crippen LogP contribution in [0.5, 0.6) is 0 Å². The topological polar surface area (TPSA) is 149 Å². The van der Waals surface area contributed by atoms with Gasteiger partial charge in [0.2, 0.25) is 5.78 Å². The molecule has 0 radical (unpaired) electrons. The largest absolute Gasteiger partial charge is 0.462 e. The molecule has 3 saturated carbocycles. The number of carbonyl (C=O) groups excluding carboxylic acids is 4. The van der Waals surface area contributed by atoms with Crippen LogP contribution in [0.4, 0.5) is 0 Å². The lowest BCUT2D eigenvalue weighted by atomic mass is 9.45. The van der Waals surface area contributed by atoms with Gasteiger partial charge in [-0.25, -0.2) is 0 Å². The maximum Gasteiger partial charge on any atom is 0.306 e. The molecule has 388 valence electrons. The summed E-state index contributed by atoms with van der Waals surface area (Å²) in [5.74, 6) is -0.523. The minimum absolute atomic E-state index is 0.00497. The van der Waals surface area contributed by atoms with E-state index in [2.05, 4.69) is 39.5 Å². The summed E-state index contributed by atoms with van der Waals surface area (Å²) in [5.41, 5.74) is -1.30. The van der Waals surface area contributed by atoms with Crippen LogP contribution in [-0.4, -0.2) is 102 Å². The van der Waals surface area contributed by atoms with Crippen LogP contribution in [-0.2, 0) is 38.1 Å². The third-order valence-corrected chi connectivity index (χ3v) is 17.1. The Morgan fingerprint density at radius 3 is 2.07 bits per heavy atom. The van der Waals surface area contributed by atoms with Gasteiger partial charge >= 0.3 is 11.9 Å². The summed E-state index contributed by atoms with van der Waals surface area (Å²) in [5, 5.41) is 21.6. The zero-order valence-electron chi connectivity index (χ0n) is 43.4. The zero-order chi connectivity index (χ0) is 49.0. The number of nitrogens with zero attached hydrogens (tertiary/aromatic N) is 1. The molecular formula is C57H95NO10. The summed E-state index contributed by atoms with van der Waals surface area (Å²) in [6.45, 7) is 13.5. The van der Waals surface area contributed by atoms with E-state index in [0.29, 0.717) is 38.5 Å². The van der Waals surface area contributed by atoms with Gasteiger partial charge in [-0.15, -0.1) is 0 Å². The van der Waals surface area contributed by atoms with Gasteiger partial charge in [0.25, 0.3) is 0 Å². The summed E-state index contributed by atoms with van der Waals surface area (Å²) in [4.78, 5) is 55.5. The van der Waals surface area contributed by atoms with E-state index in [0.717, 1.165) is 128 Å². The number of rotatable bonds is 35. The number of hydrogen-bond acceptors (Lipinski definition) is 11. The molecule has 4 fully saturated rings. The van der Waals surface area contributed by atoms with Gasteiger partial charge in [0, 0.05) is 36.2 Å². The summed E-state index contributed by atoms with van der Waals surface area (Å²) >= 11 is 0. The average molecular weight is 954 g/mol. The first-order chi connectivity index (χ1) is 32.9. The molecule has 68 heavy (non-hydrogen) atoms. The number of allylic oxidation sites excluding steroid dienone is 4. The van der Waals surface area contributed by atoms with Crippen molar-refractivity contribution in [3.8, 4) is 0 Å². The SMILES string of the molecule is CCCCCCC(CCCCCC)OC(=O)CCCCCCCN(CCCCO)CCCCCC(=O)OCC(=O)C12OC(CCC)OC1CC1C3CCC4=CC(=O)C=CC4(C)C3C(O)CC12CC. The molecule has 0 bridgehead atoms. The number of aliphatic hydroxyl groups is 2. The Labute approximate surface area is 411 Å². The smallest absolute Gasteiger partial charge is 0.306 e. The molecule has 1 heterocycles. The number of aliphatic hydroxyl groups excluding tert-OH is 2. The van der Waals surface area contributed by atoms with Crippen molar-refractivity contribution in [1.82, 2.24) is 4.90 Å². The van der Waals surface area contributed by atoms with E-state index in [9.17, 15) is 29.4 Å². The number of esters is 2. The van der Waals surface area contributed by atoms with Crippen molar-refractivity contribution in [2.45, 2.75) is 251 Å². The molecule has 1 saturated heterocycles. The van der Waals surface area contributed by atoms with Crippen LogP contribution in [0.2, 0.25) is 0 Å². The van der Waals surface area contributed by atoms with Crippen LogP contribution in [0.1, 0.15) is 221 Å². The van der Waals surface area contributed by atoms with E-state index in [4.69, 9.17) is 18.9 Å². The molecule has 2 N–H and O–H groups in total. The molecule has 0 spiro atoms. The normalized spacial score (nSPS) is 29.4. The van der Waals surface area contributed by atoms with Gasteiger partial charge in [0.1, 0.15) is 6.10 Å². The fraction of sp³-hybridized carbons (Fsp3) is 0.860. The third-order valence-electron chi connectivity index (χ3n) is 17.1. The fourth-order valence-corrected chi connectivity index (χ4v) is 13.5. The second-order valence-electron chi connectivity index (χ2n) is 21.7. The van der Waals surface area contributed by atoms with Gasteiger partial charge in [-0.2, -0.15) is 0 Å². The van der Waals surface area contributed by atoms with E-state index >= 15 is 0 Å². The number of carbonyl (C=O) groups is 4. The Hall–Kier alpha value is -2.44. The standard InChI is InChI=1S/C57H95NO10/c1-6-10-12-18-27-45(28-19-13-11-7-2)66-52(64)30-20-15-14-16-22-35-58(37-24-25-38-59)36-23-17-21-29-51(63)65-42-49(62)57-50(67-53(68-57)26-8-3)40-47-46-32-31-43-39-44(60)33-34-55(43,5)54(46)48(61)41-56(47,57)9-4/h33-34,39,45-48,50,53-54,59,61H,6-32,35-38,40-42H2,1-5H3. The highest BCUT2D eigenvalue weighted by molar-refractivity contribution is 6.01. The monoisotopic (exact) mass is 954 g/mol. The zero-order valence-corrected chi connectivity index (χ0v) is 43.4. The van der Waals surface area contributed by atoms with Crippen LogP contribution >= 0.6 is 0 Å². The van der Waals surface area contributed by atoms with E-state index < -0.39 is 34.9 Å². The molecule has 0 aromatic heterocycles. The maximum atomic E-state index is 14.7. The molecule has 0 aromatic carbocycles. The van der Waals surface area contributed by atoms with Crippen molar-refractivity contribution in [3.05, 3.63) is 23.8 Å². The molecule has 9 unspecified atom stereocenters. The molecule has 5 rings (SSSR count). The second kappa shape index (κ2) is 28.6. The first kappa shape index (κ1) is 56.5. The molecule has 5 aliphatic rings. The summed E-state index contributed by atoms with van der Waals surface area (Å²) in [6, 6.07) is 0. The van der Waals surface area contributed by atoms with Gasteiger partial charge in [0.05, 0.1) is 12.2 Å². The molecule has 1 aliphatic heterocycles. The lowest BCUT2D eigenvalue weighted by Gasteiger charge is -2.60. The molecule has 11 heteroatoms. The van der Waals surface area contributed by atoms with Gasteiger partial charge in [0.15, 0.2) is 24.3 Å². The first-order valence-electron chi connectivity index (χ1n) is 28.1.